The predicted molar refractivity (Wildman–Crippen MR) is 77.4 cm³/mol. The van der Waals surface area contributed by atoms with Crippen molar-refractivity contribution in [1.82, 2.24) is 5.53 Å². The lowest BCUT2D eigenvalue weighted by atomic mass is 9.99. The zero-order chi connectivity index (χ0) is 13.8. The quantitative estimate of drug-likeness (QED) is 0.835. The predicted octanol–water partition coefficient (Wildman–Crippen LogP) is 2.48. The van der Waals surface area contributed by atoms with Gasteiger partial charge in [0.1, 0.15) is 11.4 Å². The summed E-state index contributed by atoms with van der Waals surface area (Å²) >= 11 is 0. The van der Waals surface area contributed by atoms with Gasteiger partial charge in [-0.1, -0.05) is 54.6 Å². The van der Waals surface area contributed by atoms with E-state index in [1.54, 1.807) is 0 Å². The second-order valence-corrected chi connectivity index (χ2v) is 4.38. The molecule has 0 spiro atoms. The highest BCUT2D eigenvalue weighted by molar-refractivity contribution is 6.54. The molecule has 0 atom stereocenters. The normalized spacial score (nSPS) is 13.2. The Balaban J connectivity index is 1.91. The zero-order valence-electron chi connectivity index (χ0n) is 10.7. The maximum absolute atomic E-state index is 8.68. The first kappa shape index (κ1) is 12.1. The Morgan fingerprint density at radius 3 is 2.00 bits per heavy atom. The van der Waals surface area contributed by atoms with Crippen LogP contribution in [0, 0.1) is 11.3 Å². The minimum Gasteiger partial charge on any atom is -0.198 e. The minimum absolute atomic E-state index is 0.413. The molecule has 0 aliphatic carbocycles. The van der Waals surface area contributed by atoms with Crippen molar-refractivity contribution >= 4 is 11.4 Å². The van der Waals surface area contributed by atoms with Crippen LogP contribution in [0.5, 0.6) is 0 Å². The molecule has 1 heterocycles. The van der Waals surface area contributed by atoms with E-state index in [1.165, 1.54) is 0 Å². The standard InChI is InChI=1S/C16H11N4/c17-11-10-12-6-8-14(9-7-12)16-15(18-20-19-16)13-4-2-1-3-5-13/h1-9H,10H2. The third-order valence-electron chi connectivity index (χ3n) is 3.07. The monoisotopic (exact) mass is 259 g/mol. The molecule has 1 aliphatic heterocycles. The Hall–Kier alpha value is -2.93. The van der Waals surface area contributed by atoms with Crippen molar-refractivity contribution in [2.45, 2.75) is 6.42 Å². The van der Waals surface area contributed by atoms with Gasteiger partial charge in [0.05, 0.1) is 12.5 Å². The molecule has 1 aliphatic rings. The number of rotatable bonds is 3. The van der Waals surface area contributed by atoms with Crippen LogP contribution in [-0.2, 0) is 6.42 Å². The van der Waals surface area contributed by atoms with Crippen LogP contribution in [0.1, 0.15) is 16.7 Å². The summed E-state index contributed by atoms with van der Waals surface area (Å²) in [5.41, 5.74) is 8.26. The highest BCUT2D eigenvalue weighted by Gasteiger charge is 2.19. The largest absolute Gasteiger partial charge is 0.198 e. The fourth-order valence-corrected chi connectivity index (χ4v) is 2.06. The molecule has 0 bridgehead atoms. The van der Waals surface area contributed by atoms with Crippen molar-refractivity contribution in [3.8, 4) is 6.07 Å². The van der Waals surface area contributed by atoms with Gasteiger partial charge < -0.3 is 0 Å². The van der Waals surface area contributed by atoms with Crippen LogP contribution in [0.3, 0.4) is 0 Å². The molecule has 0 unspecified atom stereocenters. The number of nitrogens with zero attached hydrogens (tertiary/aromatic N) is 4. The van der Waals surface area contributed by atoms with E-state index in [4.69, 9.17) is 5.26 Å². The molecule has 3 rings (SSSR count). The zero-order valence-corrected chi connectivity index (χ0v) is 10.7. The van der Waals surface area contributed by atoms with Crippen molar-refractivity contribution < 1.29 is 0 Å². The number of hydrogen-bond acceptors (Lipinski definition) is 3. The van der Waals surface area contributed by atoms with Crippen LogP contribution in [0.4, 0.5) is 0 Å². The first-order chi connectivity index (χ1) is 9.88. The van der Waals surface area contributed by atoms with Gasteiger partial charge in [-0.25, -0.2) is 0 Å². The topological polar surface area (TPSA) is 62.6 Å². The lowest BCUT2D eigenvalue weighted by molar-refractivity contribution is 0.811. The maximum Gasteiger partial charge on any atom is 0.123 e. The number of nitriles is 1. The maximum atomic E-state index is 8.68. The molecule has 4 nitrogen and oxygen atoms in total. The lowest BCUT2D eigenvalue weighted by Gasteiger charge is -2.04. The first-order valence-corrected chi connectivity index (χ1v) is 6.26. The van der Waals surface area contributed by atoms with Gasteiger partial charge in [0.25, 0.3) is 0 Å². The molecule has 4 heteroatoms. The SMILES string of the molecule is N#CCc1ccc(C2=N[N]N=C2c2ccccc2)cc1. The van der Waals surface area contributed by atoms with Crippen molar-refractivity contribution in [3.05, 3.63) is 71.3 Å². The summed E-state index contributed by atoms with van der Waals surface area (Å²) in [6.45, 7) is 0. The van der Waals surface area contributed by atoms with Gasteiger partial charge >= 0.3 is 0 Å². The van der Waals surface area contributed by atoms with E-state index in [0.29, 0.717) is 6.42 Å². The molecule has 0 aromatic heterocycles. The molecule has 0 N–H and O–H groups in total. The van der Waals surface area contributed by atoms with Crippen LogP contribution in [-0.4, -0.2) is 11.4 Å². The van der Waals surface area contributed by atoms with Gasteiger partial charge in [0, 0.05) is 11.1 Å². The second kappa shape index (κ2) is 5.37. The molecular weight excluding hydrogens is 248 g/mol. The van der Waals surface area contributed by atoms with Crippen LogP contribution < -0.4 is 5.53 Å². The van der Waals surface area contributed by atoms with E-state index in [0.717, 1.165) is 28.1 Å². The Morgan fingerprint density at radius 1 is 0.800 bits per heavy atom. The van der Waals surface area contributed by atoms with Crippen LogP contribution in [0.2, 0.25) is 0 Å². The fourth-order valence-electron chi connectivity index (χ4n) is 2.06. The van der Waals surface area contributed by atoms with Crippen molar-refractivity contribution in [2.75, 3.05) is 0 Å². The van der Waals surface area contributed by atoms with E-state index in [2.05, 4.69) is 21.8 Å². The molecule has 2 aromatic rings. The average molecular weight is 259 g/mol. The summed E-state index contributed by atoms with van der Waals surface area (Å²) in [7, 11) is 0. The number of benzene rings is 2. The van der Waals surface area contributed by atoms with Gasteiger partial charge in [-0.15, -0.1) is 10.2 Å². The molecule has 1 radical (unpaired) electrons. The highest BCUT2D eigenvalue weighted by atomic mass is 15.5. The Bertz CT molecular complexity index is 706. The Morgan fingerprint density at radius 2 is 1.40 bits per heavy atom. The van der Waals surface area contributed by atoms with E-state index in [1.807, 2.05) is 54.6 Å². The summed E-state index contributed by atoms with van der Waals surface area (Å²) in [6, 6.07) is 19.8. The molecule has 0 saturated carbocycles. The number of hydrogen-bond donors (Lipinski definition) is 0. The van der Waals surface area contributed by atoms with Crippen molar-refractivity contribution in [1.29, 1.82) is 5.26 Å². The van der Waals surface area contributed by atoms with Gasteiger partial charge in [-0.2, -0.15) is 5.26 Å². The Kier molecular flexibility index (Phi) is 3.25. The third kappa shape index (κ3) is 2.29. The van der Waals surface area contributed by atoms with E-state index < -0.39 is 0 Å². The lowest BCUT2D eigenvalue weighted by Crippen LogP contribution is -2.13. The smallest absolute Gasteiger partial charge is 0.123 e. The summed E-state index contributed by atoms with van der Waals surface area (Å²) in [5, 5.41) is 16.9. The van der Waals surface area contributed by atoms with E-state index in [9.17, 15) is 0 Å². The third-order valence-corrected chi connectivity index (χ3v) is 3.07. The van der Waals surface area contributed by atoms with Crippen LogP contribution in [0.15, 0.2) is 64.8 Å². The summed E-state index contributed by atoms with van der Waals surface area (Å²) < 4.78 is 0. The van der Waals surface area contributed by atoms with E-state index >= 15 is 0 Å². The molecule has 20 heavy (non-hydrogen) atoms. The van der Waals surface area contributed by atoms with Gasteiger partial charge in [-0.05, 0) is 11.1 Å². The van der Waals surface area contributed by atoms with Crippen molar-refractivity contribution in [2.24, 2.45) is 10.2 Å². The van der Waals surface area contributed by atoms with Crippen molar-refractivity contribution in [3.63, 3.8) is 0 Å². The summed E-state index contributed by atoms with van der Waals surface area (Å²) in [4.78, 5) is 0. The summed E-state index contributed by atoms with van der Waals surface area (Å²) in [6.07, 6.45) is 0.413. The highest BCUT2D eigenvalue weighted by Crippen LogP contribution is 2.14. The molecule has 0 saturated heterocycles. The summed E-state index contributed by atoms with van der Waals surface area (Å²) in [5.74, 6) is 0. The first-order valence-electron chi connectivity index (χ1n) is 6.26. The van der Waals surface area contributed by atoms with Crippen LogP contribution >= 0.6 is 0 Å². The molecular formula is C16H11N4. The van der Waals surface area contributed by atoms with Crippen LogP contribution in [0.25, 0.3) is 0 Å². The molecule has 2 aromatic carbocycles. The molecule has 95 valence electrons. The molecule has 0 fully saturated rings. The van der Waals surface area contributed by atoms with Gasteiger partial charge in [0.2, 0.25) is 0 Å². The Labute approximate surface area is 117 Å². The molecule has 0 amide bonds. The minimum atomic E-state index is 0.413. The fraction of sp³-hybridized carbons (Fsp3) is 0.0625. The van der Waals surface area contributed by atoms with E-state index in [-0.39, 0.29) is 0 Å². The van der Waals surface area contributed by atoms with Gasteiger partial charge in [-0.3, -0.25) is 0 Å². The second-order valence-electron chi connectivity index (χ2n) is 4.38. The average Bonchev–Trinajstić information content (AvgIpc) is 2.99. The van der Waals surface area contributed by atoms with Gasteiger partial charge in [0.15, 0.2) is 0 Å².